The highest BCUT2D eigenvalue weighted by atomic mass is 35.5. The highest BCUT2D eigenvalue weighted by molar-refractivity contribution is 6.30. The third kappa shape index (κ3) is 2.28. The van der Waals surface area contributed by atoms with E-state index in [2.05, 4.69) is 0 Å². The fourth-order valence-electron chi connectivity index (χ4n) is 1.33. The molecule has 5 heteroatoms. The van der Waals surface area contributed by atoms with E-state index in [1.165, 1.54) is 0 Å². The van der Waals surface area contributed by atoms with Gasteiger partial charge < -0.3 is 14.6 Å². The second-order valence-corrected chi connectivity index (χ2v) is 3.62. The second-order valence-electron chi connectivity index (χ2n) is 3.18. The van der Waals surface area contributed by atoms with Crippen molar-refractivity contribution in [2.45, 2.75) is 12.4 Å². The molecule has 1 aromatic carbocycles. The molecule has 1 fully saturated rings. The third-order valence-corrected chi connectivity index (χ3v) is 2.36. The number of aliphatic carboxylic acids is 1. The van der Waals surface area contributed by atoms with Crippen molar-refractivity contribution in [2.75, 3.05) is 6.61 Å². The molecule has 1 aromatic rings. The predicted molar refractivity (Wildman–Crippen MR) is 52.7 cm³/mol. The lowest BCUT2D eigenvalue weighted by Crippen LogP contribution is -2.21. The highest BCUT2D eigenvalue weighted by Crippen LogP contribution is 2.27. The molecule has 2 unspecified atom stereocenters. The number of ether oxygens (including phenoxy) is 2. The number of rotatable bonds is 2. The normalized spacial score (nSPS) is 25.4. The van der Waals surface area contributed by atoms with Crippen molar-refractivity contribution in [1.29, 1.82) is 0 Å². The third-order valence-electron chi connectivity index (χ3n) is 2.10. The van der Waals surface area contributed by atoms with Gasteiger partial charge >= 0.3 is 5.97 Å². The van der Waals surface area contributed by atoms with Gasteiger partial charge in [0.25, 0.3) is 0 Å². The van der Waals surface area contributed by atoms with Gasteiger partial charge in [-0.15, -0.1) is 0 Å². The van der Waals surface area contributed by atoms with E-state index >= 15 is 0 Å². The van der Waals surface area contributed by atoms with E-state index in [9.17, 15) is 4.79 Å². The van der Waals surface area contributed by atoms with Crippen molar-refractivity contribution >= 4 is 17.6 Å². The van der Waals surface area contributed by atoms with E-state index in [0.717, 1.165) is 5.56 Å². The molecule has 4 nitrogen and oxygen atoms in total. The quantitative estimate of drug-likeness (QED) is 0.839. The van der Waals surface area contributed by atoms with Crippen molar-refractivity contribution in [3.05, 3.63) is 34.9 Å². The van der Waals surface area contributed by atoms with Gasteiger partial charge in [0.2, 0.25) is 0 Å². The minimum absolute atomic E-state index is 0.0721. The van der Waals surface area contributed by atoms with Gasteiger partial charge in [0, 0.05) is 10.6 Å². The number of carbonyl (C=O) groups is 1. The fourth-order valence-corrected chi connectivity index (χ4v) is 1.45. The number of hydrogen-bond donors (Lipinski definition) is 1. The molecule has 1 saturated heterocycles. The Labute approximate surface area is 91.4 Å². The second kappa shape index (κ2) is 4.18. The highest BCUT2D eigenvalue weighted by Gasteiger charge is 2.32. The molecule has 80 valence electrons. The Morgan fingerprint density at radius 2 is 2.07 bits per heavy atom. The predicted octanol–water partition coefficient (Wildman–Crippen LogP) is 1.84. The molecule has 0 aromatic heterocycles. The van der Waals surface area contributed by atoms with E-state index in [1.54, 1.807) is 24.3 Å². The van der Waals surface area contributed by atoms with Crippen LogP contribution in [0.25, 0.3) is 0 Å². The first-order valence-electron chi connectivity index (χ1n) is 4.42. The fraction of sp³-hybridized carbons (Fsp3) is 0.300. The molecule has 0 radical (unpaired) electrons. The lowest BCUT2D eigenvalue weighted by Gasteiger charge is -2.09. The van der Waals surface area contributed by atoms with E-state index in [1.807, 2.05) is 0 Å². The van der Waals surface area contributed by atoms with Crippen LogP contribution in [0.3, 0.4) is 0 Å². The molecule has 1 aliphatic rings. The van der Waals surface area contributed by atoms with Crippen molar-refractivity contribution in [3.63, 3.8) is 0 Å². The molecular weight excluding hydrogens is 220 g/mol. The molecule has 0 aliphatic carbocycles. The van der Waals surface area contributed by atoms with Crippen LogP contribution < -0.4 is 0 Å². The Hall–Kier alpha value is -1.10. The Bertz CT molecular complexity index is 362. The summed E-state index contributed by atoms with van der Waals surface area (Å²) >= 11 is 5.72. The molecule has 15 heavy (non-hydrogen) atoms. The first kappa shape index (κ1) is 10.4. The summed E-state index contributed by atoms with van der Waals surface area (Å²) < 4.78 is 10.4. The molecule has 0 saturated carbocycles. The van der Waals surface area contributed by atoms with Crippen molar-refractivity contribution < 1.29 is 19.4 Å². The van der Waals surface area contributed by atoms with Crippen LogP contribution >= 0.6 is 11.6 Å². The van der Waals surface area contributed by atoms with Gasteiger partial charge in [0.15, 0.2) is 12.4 Å². The molecule has 2 rings (SSSR count). The van der Waals surface area contributed by atoms with E-state index in [0.29, 0.717) is 5.02 Å². The first-order chi connectivity index (χ1) is 7.16. The molecule has 0 spiro atoms. The zero-order valence-electron chi connectivity index (χ0n) is 7.72. The maximum Gasteiger partial charge on any atom is 0.335 e. The monoisotopic (exact) mass is 228 g/mol. The smallest absolute Gasteiger partial charge is 0.335 e. The molecule has 1 aliphatic heterocycles. The van der Waals surface area contributed by atoms with Crippen LogP contribution in [-0.2, 0) is 14.3 Å². The number of halogens is 1. The average molecular weight is 229 g/mol. The summed E-state index contributed by atoms with van der Waals surface area (Å²) in [5, 5.41) is 9.31. The minimum atomic E-state index is -1.01. The van der Waals surface area contributed by atoms with Gasteiger partial charge in [-0.2, -0.15) is 0 Å². The molecular formula is C10H9ClO4. The van der Waals surface area contributed by atoms with Crippen molar-refractivity contribution in [1.82, 2.24) is 0 Å². The summed E-state index contributed by atoms with van der Waals surface area (Å²) in [6.07, 6.45) is -1.49. The van der Waals surface area contributed by atoms with Gasteiger partial charge in [-0.05, 0) is 12.1 Å². The van der Waals surface area contributed by atoms with Gasteiger partial charge in [0.1, 0.15) is 0 Å². The molecule has 2 atom stereocenters. The van der Waals surface area contributed by atoms with Crippen molar-refractivity contribution in [3.8, 4) is 0 Å². The Kier molecular flexibility index (Phi) is 2.90. The largest absolute Gasteiger partial charge is 0.479 e. The maximum atomic E-state index is 10.6. The molecule has 0 bridgehead atoms. The van der Waals surface area contributed by atoms with Crippen LogP contribution in [0.15, 0.2) is 24.3 Å². The lowest BCUT2D eigenvalue weighted by molar-refractivity contribution is -0.150. The Morgan fingerprint density at radius 1 is 1.40 bits per heavy atom. The Morgan fingerprint density at radius 3 is 2.60 bits per heavy atom. The van der Waals surface area contributed by atoms with Crippen LogP contribution in [0.1, 0.15) is 11.9 Å². The standard InChI is InChI=1S/C10H9ClO4/c11-7-3-1-6(2-4-7)10-14-5-8(15-10)9(12)13/h1-4,8,10H,5H2,(H,12,13). The van der Waals surface area contributed by atoms with E-state index in [-0.39, 0.29) is 6.61 Å². The molecule has 1 N–H and O–H groups in total. The topological polar surface area (TPSA) is 55.8 Å². The van der Waals surface area contributed by atoms with Gasteiger partial charge in [-0.3, -0.25) is 0 Å². The summed E-state index contributed by atoms with van der Waals surface area (Å²) in [7, 11) is 0. The first-order valence-corrected chi connectivity index (χ1v) is 4.80. The maximum absolute atomic E-state index is 10.6. The van der Waals surface area contributed by atoms with E-state index in [4.69, 9.17) is 26.2 Å². The summed E-state index contributed by atoms with van der Waals surface area (Å²) in [5.74, 6) is -1.01. The summed E-state index contributed by atoms with van der Waals surface area (Å²) in [6.45, 7) is 0.0721. The lowest BCUT2D eigenvalue weighted by atomic mass is 10.2. The molecule has 1 heterocycles. The average Bonchev–Trinajstić information content (AvgIpc) is 2.68. The Balaban J connectivity index is 2.07. The zero-order chi connectivity index (χ0) is 10.8. The number of benzene rings is 1. The van der Waals surface area contributed by atoms with Crippen LogP contribution in [0.5, 0.6) is 0 Å². The van der Waals surface area contributed by atoms with Crippen LogP contribution in [0, 0.1) is 0 Å². The number of carboxylic acid groups (broad SMARTS) is 1. The molecule has 0 amide bonds. The van der Waals surface area contributed by atoms with Gasteiger partial charge in [0.05, 0.1) is 6.61 Å². The minimum Gasteiger partial charge on any atom is -0.479 e. The summed E-state index contributed by atoms with van der Waals surface area (Å²) in [5.41, 5.74) is 0.767. The van der Waals surface area contributed by atoms with Crippen LogP contribution in [0.4, 0.5) is 0 Å². The number of carboxylic acids is 1. The van der Waals surface area contributed by atoms with Gasteiger partial charge in [-0.25, -0.2) is 4.79 Å². The van der Waals surface area contributed by atoms with Crippen LogP contribution in [0.2, 0.25) is 5.02 Å². The summed E-state index contributed by atoms with van der Waals surface area (Å²) in [6, 6.07) is 6.91. The zero-order valence-corrected chi connectivity index (χ0v) is 8.48. The summed E-state index contributed by atoms with van der Waals surface area (Å²) in [4.78, 5) is 10.6. The number of hydrogen-bond acceptors (Lipinski definition) is 3. The van der Waals surface area contributed by atoms with Crippen molar-refractivity contribution in [2.24, 2.45) is 0 Å². The SMILES string of the molecule is O=C(O)C1COC(c2ccc(Cl)cc2)O1. The van der Waals surface area contributed by atoms with Crippen LogP contribution in [-0.4, -0.2) is 23.8 Å². The van der Waals surface area contributed by atoms with E-state index < -0.39 is 18.4 Å². The van der Waals surface area contributed by atoms with Gasteiger partial charge in [-0.1, -0.05) is 23.7 Å².